The lowest BCUT2D eigenvalue weighted by molar-refractivity contribution is 0.670. The van der Waals surface area contributed by atoms with E-state index < -0.39 is 0 Å². The fraction of sp³-hybridized carbons (Fsp3) is 0. The molecule has 9 aromatic rings. The molecule has 1 aromatic heterocycles. The van der Waals surface area contributed by atoms with Gasteiger partial charge in [0.15, 0.2) is 0 Å². The van der Waals surface area contributed by atoms with Gasteiger partial charge < -0.3 is 9.32 Å². The van der Waals surface area contributed by atoms with Crippen molar-refractivity contribution in [3.05, 3.63) is 188 Å². The van der Waals surface area contributed by atoms with Crippen LogP contribution in [-0.4, -0.2) is 0 Å². The Morgan fingerprint density at radius 1 is 0.375 bits per heavy atom. The Morgan fingerprint density at radius 3 is 1.67 bits per heavy atom. The average molecular weight is 614 g/mol. The summed E-state index contributed by atoms with van der Waals surface area (Å²) < 4.78 is 6.87. The topological polar surface area (TPSA) is 16.4 Å². The van der Waals surface area contributed by atoms with Crippen molar-refractivity contribution in [2.24, 2.45) is 0 Å². The zero-order chi connectivity index (χ0) is 31.9. The van der Waals surface area contributed by atoms with Crippen molar-refractivity contribution in [3.8, 4) is 33.4 Å². The number of furan rings is 1. The maximum absolute atomic E-state index is 6.87. The first-order valence-corrected chi connectivity index (χ1v) is 16.4. The van der Waals surface area contributed by atoms with E-state index in [0.717, 1.165) is 55.7 Å². The summed E-state index contributed by atoms with van der Waals surface area (Å²) >= 11 is 0. The Balaban J connectivity index is 1.27. The molecule has 1 heterocycles. The van der Waals surface area contributed by atoms with Crippen LogP contribution in [0.1, 0.15) is 0 Å². The summed E-state index contributed by atoms with van der Waals surface area (Å²) in [6, 6.07) is 66.7. The largest absolute Gasteiger partial charge is 0.455 e. The quantitative estimate of drug-likeness (QED) is 0.185. The van der Waals surface area contributed by atoms with E-state index in [4.69, 9.17) is 4.42 Å². The van der Waals surface area contributed by atoms with Gasteiger partial charge in [-0.05, 0) is 69.4 Å². The maximum atomic E-state index is 6.87. The molecule has 0 atom stereocenters. The molecule has 0 amide bonds. The van der Waals surface area contributed by atoms with Gasteiger partial charge in [-0.25, -0.2) is 0 Å². The molecule has 8 aromatic carbocycles. The lowest BCUT2D eigenvalue weighted by Gasteiger charge is -2.28. The van der Waals surface area contributed by atoms with E-state index in [1.165, 1.54) is 27.5 Å². The summed E-state index contributed by atoms with van der Waals surface area (Å²) in [7, 11) is 0. The Morgan fingerprint density at radius 2 is 0.938 bits per heavy atom. The van der Waals surface area contributed by atoms with Crippen LogP contribution in [0.25, 0.3) is 66.1 Å². The molecule has 0 unspecified atom stereocenters. The Kier molecular flexibility index (Phi) is 6.84. The number of hydrogen-bond donors (Lipinski definition) is 0. The van der Waals surface area contributed by atoms with Crippen molar-refractivity contribution in [3.63, 3.8) is 0 Å². The van der Waals surface area contributed by atoms with Crippen LogP contribution in [0.2, 0.25) is 0 Å². The number of nitrogens with zero attached hydrogens (tertiary/aromatic N) is 1. The van der Waals surface area contributed by atoms with Gasteiger partial charge in [-0.2, -0.15) is 0 Å². The first-order valence-electron chi connectivity index (χ1n) is 16.4. The van der Waals surface area contributed by atoms with E-state index in [1.807, 2.05) is 0 Å². The zero-order valence-electron chi connectivity index (χ0n) is 26.3. The highest BCUT2D eigenvalue weighted by Gasteiger charge is 2.21. The van der Waals surface area contributed by atoms with Gasteiger partial charge in [0.25, 0.3) is 0 Å². The van der Waals surface area contributed by atoms with E-state index in [0.29, 0.717) is 0 Å². The van der Waals surface area contributed by atoms with E-state index in [-0.39, 0.29) is 0 Å². The molecule has 0 aliphatic heterocycles. The third-order valence-corrected chi connectivity index (χ3v) is 9.25. The van der Waals surface area contributed by atoms with Gasteiger partial charge in [-0.15, -0.1) is 0 Å². The van der Waals surface area contributed by atoms with Gasteiger partial charge in [0, 0.05) is 39.3 Å². The van der Waals surface area contributed by atoms with Gasteiger partial charge in [0.05, 0.1) is 5.69 Å². The van der Waals surface area contributed by atoms with E-state index in [2.05, 4.69) is 193 Å². The molecule has 2 heteroatoms. The van der Waals surface area contributed by atoms with Gasteiger partial charge in [-0.3, -0.25) is 0 Å². The third kappa shape index (κ3) is 4.83. The number of benzene rings is 8. The zero-order valence-corrected chi connectivity index (χ0v) is 26.3. The van der Waals surface area contributed by atoms with E-state index in [9.17, 15) is 0 Å². The van der Waals surface area contributed by atoms with Crippen molar-refractivity contribution in [2.75, 3.05) is 4.90 Å². The highest BCUT2D eigenvalue weighted by molar-refractivity contribution is 6.22. The van der Waals surface area contributed by atoms with Crippen LogP contribution in [0.4, 0.5) is 17.1 Å². The van der Waals surface area contributed by atoms with Crippen molar-refractivity contribution >= 4 is 49.8 Å². The number of hydrogen-bond acceptors (Lipinski definition) is 2. The predicted molar refractivity (Wildman–Crippen MR) is 202 cm³/mol. The summed E-state index contributed by atoms with van der Waals surface area (Å²) in [5.41, 5.74) is 11.9. The number of para-hydroxylation sites is 1. The predicted octanol–water partition coefficient (Wildman–Crippen LogP) is 13.2. The fourth-order valence-electron chi connectivity index (χ4n) is 6.98. The lowest BCUT2D eigenvalue weighted by atomic mass is 9.96. The second kappa shape index (κ2) is 11.8. The van der Waals surface area contributed by atoms with Crippen molar-refractivity contribution in [1.29, 1.82) is 0 Å². The Hall–Kier alpha value is -6.38. The molecule has 2 nitrogen and oxygen atoms in total. The standard InChI is InChI=1S/C46H31NO/c1-4-14-32(15-5-1)33-24-26-37(27-25-33)47(43-23-13-12-21-39(43)34-16-6-2-7-17-34)38-28-29-41-44(31-38)48-46-42(35-18-8-3-9-19-35)30-36-20-10-11-22-40(36)45(41)46/h1-31H. The van der Waals surface area contributed by atoms with Crippen LogP contribution in [0.5, 0.6) is 0 Å². The number of rotatable bonds is 6. The minimum atomic E-state index is 0.860. The monoisotopic (exact) mass is 613 g/mol. The van der Waals surface area contributed by atoms with Gasteiger partial charge in [0.1, 0.15) is 11.2 Å². The first-order chi connectivity index (χ1) is 23.8. The van der Waals surface area contributed by atoms with Crippen LogP contribution in [0.3, 0.4) is 0 Å². The minimum Gasteiger partial charge on any atom is -0.455 e. The van der Waals surface area contributed by atoms with Crippen LogP contribution >= 0.6 is 0 Å². The SMILES string of the molecule is c1ccc(-c2ccc(N(c3ccc4c(c3)oc3c(-c5ccccc5)cc5ccccc5c34)c3ccccc3-c3ccccc3)cc2)cc1. The van der Waals surface area contributed by atoms with Gasteiger partial charge in [0.2, 0.25) is 0 Å². The molecule has 48 heavy (non-hydrogen) atoms. The third-order valence-electron chi connectivity index (χ3n) is 9.25. The Labute approximate surface area is 279 Å². The summed E-state index contributed by atoms with van der Waals surface area (Å²) in [5.74, 6) is 0. The molecule has 0 aliphatic rings. The summed E-state index contributed by atoms with van der Waals surface area (Å²) in [5, 5.41) is 4.66. The normalized spacial score (nSPS) is 11.3. The fourth-order valence-corrected chi connectivity index (χ4v) is 6.98. The molecule has 0 saturated carbocycles. The van der Waals surface area contributed by atoms with Crippen LogP contribution in [-0.2, 0) is 0 Å². The summed E-state index contributed by atoms with van der Waals surface area (Å²) in [4.78, 5) is 2.35. The van der Waals surface area contributed by atoms with Crippen LogP contribution < -0.4 is 4.90 Å². The second-order valence-electron chi connectivity index (χ2n) is 12.1. The molecule has 0 fully saturated rings. The molecular weight excluding hydrogens is 583 g/mol. The molecule has 0 spiro atoms. The average Bonchev–Trinajstić information content (AvgIpc) is 3.55. The molecule has 0 bridgehead atoms. The highest BCUT2D eigenvalue weighted by Crippen LogP contribution is 2.45. The van der Waals surface area contributed by atoms with Crippen LogP contribution in [0.15, 0.2) is 192 Å². The molecule has 0 aliphatic carbocycles. The van der Waals surface area contributed by atoms with Gasteiger partial charge in [-0.1, -0.05) is 146 Å². The lowest BCUT2D eigenvalue weighted by Crippen LogP contribution is -2.11. The van der Waals surface area contributed by atoms with E-state index >= 15 is 0 Å². The molecule has 0 N–H and O–H groups in total. The maximum Gasteiger partial charge on any atom is 0.143 e. The number of anilines is 3. The second-order valence-corrected chi connectivity index (χ2v) is 12.1. The summed E-state index contributed by atoms with van der Waals surface area (Å²) in [6.07, 6.45) is 0. The molecule has 226 valence electrons. The molecule has 9 rings (SSSR count). The molecule has 0 saturated heterocycles. The van der Waals surface area contributed by atoms with Crippen molar-refractivity contribution < 1.29 is 4.42 Å². The van der Waals surface area contributed by atoms with Gasteiger partial charge >= 0.3 is 0 Å². The Bertz CT molecular complexity index is 2530. The first kappa shape index (κ1) is 27.9. The molecular formula is C46H31NO. The smallest absolute Gasteiger partial charge is 0.143 e. The summed E-state index contributed by atoms with van der Waals surface area (Å²) in [6.45, 7) is 0. The van der Waals surface area contributed by atoms with Crippen molar-refractivity contribution in [2.45, 2.75) is 0 Å². The van der Waals surface area contributed by atoms with Crippen LogP contribution in [0, 0.1) is 0 Å². The number of fused-ring (bicyclic) bond motifs is 5. The molecule has 0 radical (unpaired) electrons. The van der Waals surface area contributed by atoms with Crippen molar-refractivity contribution in [1.82, 2.24) is 0 Å². The van der Waals surface area contributed by atoms with E-state index in [1.54, 1.807) is 0 Å². The highest BCUT2D eigenvalue weighted by atomic mass is 16.3. The minimum absolute atomic E-state index is 0.860.